The molecule has 1 aromatic rings. The molecular formula is C15H17ClFNO3. The van der Waals surface area contributed by atoms with Crippen LogP contribution in [0.2, 0.25) is 5.02 Å². The average molecular weight is 314 g/mol. The fourth-order valence-electron chi connectivity index (χ4n) is 2.75. The minimum atomic E-state index is -1.09. The third kappa shape index (κ3) is 3.18. The molecule has 1 aliphatic heterocycles. The highest BCUT2D eigenvalue weighted by Crippen LogP contribution is 2.40. The highest BCUT2D eigenvalue weighted by atomic mass is 35.5. The molecule has 2 atom stereocenters. The van der Waals surface area contributed by atoms with Gasteiger partial charge in [-0.3, -0.25) is 9.59 Å². The lowest BCUT2D eigenvalue weighted by atomic mass is 9.93. The average Bonchev–Trinajstić information content (AvgIpc) is 2.67. The molecule has 6 heteroatoms. The fourth-order valence-corrected chi connectivity index (χ4v) is 2.91. The third-order valence-corrected chi connectivity index (χ3v) is 3.83. The minimum Gasteiger partial charge on any atom is -0.481 e. The van der Waals surface area contributed by atoms with E-state index in [-0.39, 0.29) is 28.8 Å². The molecule has 1 N–H and O–H groups in total. The number of carboxylic acids is 1. The first-order chi connectivity index (χ1) is 9.81. The second-order valence-corrected chi connectivity index (χ2v) is 6.14. The third-order valence-electron chi connectivity index (χ3n) is 3.59. The summed E-state index contributed by atoms with van der Waals surface area (Å²) in [5.74, 6) is -2.70. The molecule has 2 rings (SSSR count). The molecule has 1 aliphatic rings. The number of rotatable bonds is 4. The van der Waals surface area contributed by atoms with Crippen LogP contribution in [-0.2, 0) is 9.59 Å². The number of halogens is 2. The van der Waals surface area contributed by atoms with E-state index in [0.29, 0.717) is 6.54 Å². The van der Waals surface area contributed by atoms with Gasteiger partial charge in [-0.2, -0.15) is 0 Å². The van der Waals surface area contributed by atoms with E-state index in [4.69, 9.17) is 11.6 Å². The largest absolute Gasteiger partial charge is 0.481 e. The van der Waals surface area contributed by atoms with Crippen molar-refractivity contribution in [3.8, 4) is 0 Å². The lowest BCUT2D eigenvalue weighted by molar-refractivity contribution is -0.142. The van der Waals surface area contributed by atoms with Gasteiger partial charge in [-0.25, -0.2) is 4.39 Å². The molecule has 4 nitrogen and oxygen atoms in total. The Morgan fingerprint density at radius 2 is 2.19 bits per heavy atom. The molecule has 0 bridgehead atoms. The van der Waals surface area contributed by atoms with Crippen LogP contribution >= 0.6 is 11.6 Å². The normalized spacial score (nSPS) is 22.1. The smallest absolute Gasteiger partial charge is 0.309 e. The van der Waals surface area contributed by atoms with Crippen LogP contribution in [-0.4, -0.2) is 28.4 Å². The molecule has 0 aliphatic carbocycles. The lowest BCUT2D eigenvalue weighted by Crippen LogP contribution is -2.34. The maximum Gasteiger partial charge on any atom is 0.309 e. The number of hydrogen-bond donors (Lipinski definition) is 1. The summed E-state index contributed by atoms with van der Waals surface area (Å²) in [6.07, 6.45) is -0.102. The van der Waals surface area contributed by atoms with Crippen LogP contribution in [0.3, 0.4) is 0 Å². The summed E-state index contributed by atoms with van der Waals surface area (Å²) in [5, 5.41) is 9.57. The minimum absolute atomic E-state index is 0.102. The van der Waals surface area contributed by atoms with E-state index in [1.165, 1.54) is 17.0 Å². The Balaban J connectivity index is 2.46. The van der Waals surface area contributed by atoms with Crippen LogP contribution in [0.1, 0.15) is 31.9 Å². The van der Waals surface area contributed by atoms with Crippen LogP contribution in [0.4, 0.5) is 4.39 Å². The van der Waals surface area contributed by atoms with Crippen molar-refractivity contribution in [3.05, 3.63) is 34.6 Å². The van der Waals surface area contributed by atoms with E-state index in [1.54, 1.807) is 0 Å². The number of likely N-dealkylation sites (tertiary alicyclic amines) is 1. The van der Waals surface area contributed by atoms with Gasteiger partial charge in [0.15, 0.2) is 0 Å². The summed E-state index contributed by atoms with van der Waals surface area (Å²) in [5.41, 5.74) is 0.207. The highest BCUT2D eigenvalue weighted by Gasteiger charge is 2.45. The van der Waals surface area contributed by atoms with E-state index in [1.807, 2.05) is 13.8 Å². The number of amides is 1. The zero-order chi connectivity index (χ0) is 15.7. The molecule has 21 heavy (non-hydrogen) atoms. The second-order valence-electron chi connectivity index (χ2n) is 5.70. The number of carboxylic acid groups (broad SMARTS) is 1. The summed E-state index contributed by atoms with van der Waals surface area (Å²) in [6, 6.07) is 3.33. The van der Waals surface area contributed by atoms with Gasteiger partial charge in [-0.05, 0) is 18.1 Å². The monoisotopic (exact) mass is 313 g/mol. The predicted molar refractivity (Wildman–Crippen MR) is 76.4 cm³/mol. The maximum atomic E-state index is 14.2. The molecule has 114 valence electrons. The second kappa shape index (κ2) is 6.02. The van der Waals surface area contributed by atoms with E-state index in [0.717, 1.165) is 6.07 Å². The predicted octanol–water partition coefficient (Wildman–Crippen LogP) is 3.11. The molecule has 2 unspecified atom stereocenters. The molecule has 1 heterocycles. The van der Waals surface area contributed by atoms with Gasteiger partial charge in [-0.15, -0.1) is 0 Å². The number of nitrogens with zero attached hydrogens (tertiary/aromatic N) is 1. The first-order valence-electron chi connectivity index (χ1n) is 6.78. The van der Waals surface area contributed by atoms with Gasteiger partial charge < -0.3 is 10.0 Å². The van der Waals surface area contributed by atoms with Crippen LogP contribution in [0, 0.1) is 17.7 Å². The Kier molecular flexibility index (Phi) is 4.52. The van der Waals surface area contributed by atoms with Crippen molar-refractivity contribution < 1.29 is 19.1 Å². The van der Waals surface area contributed by atoms with Crippen LogP contribution in [0.5, 0.6) is 0 Å². The Morgan fingerprint density at radius 3 is 2.71 bits per heavy atom. The van der Waals surface area contributed by atoms with Gasteiger partial charge in [0, 0.05) is 23.6 Å². The summed E-state index contributed by atoms with van der Waals surface area (Å²) in [7, 11) is 0. The zero-order valence-corrected chi connectivity index (χ0v) is 12.6. The summed E-state index contributed by atoms with van der Waals surface area (Å²) in [6.45, 7) is 4.25. The number of hydrogen-bond acceptors (Lipinski definition) is 2. The molecule has 0 radical (unpaired) electrons. The fraction of sp³-hybridized carbons (Fsp3) is 0.467. The van der Waals surface area contributed by atoms with Crippen molar-refractivity contribution in [2.24, 2.45) is 11.8 Å². The van der Waals surface area contributed by atoms with E-state index in [2.05, 4.69) is 0 Å². The van der Waals surface area contributed by atoms with Crippen LogP contribution in [0.15, 0.2) is 18.2 Å². The van der Waals surface area contributed by atoms with Crippen molar-refractivity contribution >= 4 is 23.5 Å². The van der Waals surface area contributed by atoms with E-state index in [9.17, 15) is 19.1 Å². The molecule has 0 aromatic heterocycles. The molecule has 1 amide bonds. The van der Waals surface area contributed by atoms with Crippen molar-refractivity contribution in [2.75, 3.05) is 6.54 Å². The van der Waals surface area contributed by atoms with Crippen molar-refractivity contribution in [2.45, 2.75) is 26.3 Å². The summed E-state index contributed by atoms with van der Waals surface area (Å²) < 4.78 is 14.2. The van der Waals surface area contributed by atoms with Crippen LogP contribution < -0.4 is 0 Å². The van der Waals surface area contributed by atoms with Gasteiger partial charge in [0.2, 0.25) is 5.91 Å². The molecule has 1 aromatic carbocycles. The molecule has 0 spiro atoms. The molecule has 1 saturated heterocycles. The topological polar surface area (TPSA) is 57.6 Å². The van der Waals surface area contributed by atoms with Crippen molar-refractivity contribution in [1.29, 1.82) is 0 Å². The molecule has 0 saturated carbocycles. The Labute approximate surface area is 127 Å². The number of benzene rings is 1. The highest BCUT2D eigenvalue weighted by molar-refractivity contribution is 6.30. The van der Waals surface area contributed by atoms with Gasteiger partial charge >= 0.3 is 5.97 Å². The Hall–Kier alpha value is -1.62. The van der Waals surface area contributed by atoms with Gasteiger partial charge in [0.1, 0.15) is 5.82 Å². The summed E-state index contributed by atoms with van der Waals surface area (Å²) in [4.78, 5) is 25.0. The maximum absolute atomic E-state index is 14.2. The Morgan fingerprint density at radius 1 is 1.52 bits per heavy atom. The molecule has 1 fully saturated rings. The van der Waals surface area contributed by atoms with Gasteiger partial charge in [0.25, 0.3) is 0 Å². The van der Waals surface area contributed by atoms with E-state index >= 15 is 0 Å². The molecular weight excluding hydrogens is 297 g/mol. The first-order valence-corrected chi connectivity index (χ1v) is 7.16. The summed E-state index contributed by atoms with van der Waals surface area (Å²) >= 11 is 5.74. The first kappa shape index (κ1) is 15.8. The Bertz CT molecular complexity index is 576. The van der Waals surface area contributed by atoms with Crippen molar-refractivity contribution in [1.82, 2.24) is 4.90 Å². The van der Waals surface area contributed by atoms with E-state index < -0.39 is 23.7 Å². The number of carbonyl (C=O) groups is 2. The number of carbonyl (C=O) groups excluding carboxylic acids is 1. The SMILES string of the molecule is CC(C)CN1C(=O)CC(C(=O)O)C1c1ccc(Cl)cc1F. The standard InChI is InChI=1S/C15H17ClFNO3/c1-8(2)7-18-13(19)6-11(15(20)21)14(18)10-4-3-9(16)5-12(10)17/h3-5,8,11,14H,6-7H2,1-2H3,(H,20,21). The van der Waals surface area contributed by atoms with Gasteiger partial charge in [0.05, 0.1) is 12.0 Å². The van der Waals surface area contributed by atoms with Crippen molar-refractivity contribution in [3.63, 3.8) is 0 Å². The van der Waals surface area contributed by atoms with Crippen LogP contribution in [0.25, 0.3) is 0 Å². The van der Waals surface area contributed by atoms with Gasteiger partial charge in [-0.1, -0.05) is 31.5 Å². The number of aliphatic carboxylic acids is 1. The quantitative estimate of drug-likeness (QED) is 0.929. The zero-order valence-electron chi connectivity index (χ0n) is 11.8. The lowest BCUT2D eigenvalue weighted by Gasteiger charge is -2.29.